The van der Waals surface area contributed by atoms with E-state index in [1.54, 1.807) is 22.6 Å². The topological polar surface area (TPSA) is 68.5 Å². The summed E-state index contributed by atoms with van der Waals surface area (Å²) >= 11 is 11.7. The Kier molecular flexibility index (Phi) is 4.64. The lowest BCUT2D eigenvalue weighted by molar-refractivity contribution is -0.123. The second-order valence-electron chi connectivity index (χ2n) is 4.69. The first kappa shape index (κ1) is 15.6. The van der Waals surface area contributed by atoms with Gasteiger partial charge in [-0.25, -0.2) is 0 Å². The van der Waals surface area contributed by atoms with Gasteiger partial charge in [0.15, 0.2) is 18.1 Å². The number of hydrogen-bond donors (Lipinski definition) is 1. The van der Waals surface area contributed by atoms with Crippen molar-refractivity contribution in [3.63, 3.8) is 0 Å². The van der Waals surface area contributed by atoms with Crippen LogP contribution in [0.15, 0.2) is 42.6 Å². The molecule has 118 valence electrons. The summed E-state index contributed by atoms with van der Waals surface area (Å²) in [7, 11) is 0. The minimum atomic E-state index is -0.274. The van der Waals surface area contributed by atoms with E-state index in [2.05, 4.69) is 15.5 Å². The molecule has 0 aliphatic heterocycles. The molecule has 8 heteroatoms. The molecule has 6 nitrogen and oxygen atoms in total. The number of carbonyl (C=O) groups excluding carboxylic acids is 1. The summed E-state index contributed by atoms with van der Waals surface area (Å²) in [4.78, 5) is 11.8. The molecule has 0 radical (unpaired) electrons. The zero-order chi connectivity index (χ0) is 16.2. The average molecular weight is 351 g/mol. The second-order valence-corrected chi connectivity index (χ2v) is 5.50. The number of nitrogens with zero attached hydrogens (tertiary/aromatic N) is 3. The summed E-state index contributed by atoms with van der Waals surface area (Å²) < 4.78 is 7.17. The Labute approximate surface area is 142 Å². The molecule has 1 amide bonds. The Bertz CT molecular complexity index is 850. The highest BCUT2D eigenvalue weighted by Gasteiger charge is 2.08. The van der Waals surface area contributed by atoms with Crippen molar-refractivity contribution in [3.8, 4) is 5.75 Å². The van der Waals surface area contributed by atoms with Crippen molar-refractivity contribution in [1.29, 1.82) is 0 Å². The van der Waals surface area contributed by atoms with Gasteiger partial charge < -0.3 is 10.1 Å². The maximum Gasteiger partial charge on any atom is 0.258 e. The molecule has 0 fully saturated rings. The van der Waals surface area contributed by atoms with Crippen molar-refractivity contribution in [2.75, 3.05) is 6.61 Å². The molecule has 2 heterocycles. The van der Waals surface area contributed by atoms with Crippen molar-refractivity contribution in [2.24, 2.45) is 0 Å². The molecule has 1 N–H and O–H groups in total. The zero-order valence-electron chi connectivity index (χ0n) is 11.9. The van der Waals surface area contributed by atoms with Gasteiger partial charge in [0.2, 0.25) is 0 Å². The van der Waals surface area contributed by atoms with Crippen LogP contribution in [-0.2, 0) is 11.3 Å². The molecule has 1 aromatic carbocycles. The standard InChI is InChI=1S/C15H12Cl2N4O2/c16-11-5-4-10(7-12(11)17)23-9-15(22)18-8-14-20-19-13-3-1-2-6-21(13)14/h1-7H,8-9H2,(H,18,22). The molecule has 0 spiro atoms. The molecule has 0 bridgehead atoms. The van der Waals surface area contributed by atoms with Gasteiger partial charge >= 0.3 is 0 Å². The highest BCUT2D eigenvalue weighted by molar-refractivity contribution is 6.42. The van der Waals surface area contributed by atoms with Gasteiger partial charge in [-0.2, -0.15) is 0 Å². The average Bonchev–Trinajstić information content (AvgIpc) is 2.97. The number of rotatable bonds is 5. The monoisotopic (exact) mass is 350 g/mol. The molecule has 0 atom stereocenters. The van der Waals surface area contributed by atoms with Crippen LogP contribution in [0.4, 0.5) is 0 Å². The third-order valence-corrected chi connectivity index (χ3v) is 3.83. The number of ether oxygens (including phenoxy) is 1. The van der Waals surface area contributed by atoms with Crippen LogP contribution in [0.1, 0.15) is 5.82 Å². The van der Waals surface area contributed by atoms with Crippen LogP contribution >= 0.6 is 23.2 Å². The molecule has 0 unspecified atom stereocenters. The lowest BCUT2D eigenvalue weighted by atomic mass is 10.3. The van der Waals surface area contributed by atoms with Gasteiger partial charge in [0.25, 0.3) is 5.91 Å². The van der Waals surface area contributed by atoms with Gasteiger partial charge in [0.1, 0.15) is 5.75 Å². The summed E-state index contributed by atoms with van der Waals surface area (Å²) in [5, 5.41) is 11.6. The second kappa shape index (κ2) is 6.85. The van der Waals surface area contributed by atoms with Crippen molar-refractivity contribution < 1.29 is 9.53 Å². The van der Waals surface area contributed by atoms with E-state index in [1.165, 1.54) is 0 Å². The van der Waals surface area contributed by atoms with Crippen molar-refractivity contribution in [3.05, 3.63) is 58.5 Å². The number of nitrogens with one attached hydrogen (secondary N) is 1. The van der Waals surface area contributed by atoms with Crippen molar-refractivity contribution in [2.45, 2.75) is 6.54 Å². The Morgan fingerprint density at radius 3 is 2.87 bits per heavy atom. The van der Waals surface area contributed by atoms with E-state index in [9.17, 15) is 4.79 Å². The number of amides is 1. The van der Waals surface area contributed by atoms with Crippen LogP contribution in [0.25, 0.3) is 5.65 Å². The van der Waals surface area contributed by atoms with Crippen LogP contribution in [0.5, 0.6) is 5.75 Å². The quantitative estimate of drug-likeness (QED) is 0.768. The fraction of sp³-hybridized carbons (Fsp3) is 0.133. The van der Waals surface area contributed by atoms with Gasteiger partial charge in [-0.05, 0) is 24.3 Å². The Morgan fingerprint density at radius 2 is 2.04 bits per heavy atom. The number of aromatic nitrogens is 3. The Hall–Kier alpha value is -2.31. The van der Waals surface area contributed by atoms with Crippen LogP contribution < -0.4 is 10.1 Å². The van der Waals surface area contributed by atoms with Crippen molar-refractivity contribution in [1.82, 2.24) is 19.9 Å². The molecule has 2 aromatic heterocycles. The number of halogens is 2. The Balaban J connectivity index is 1.54. The number of carbonyl (C=O) groups is 1. The first-order chi connectivity index (χ1) is 11.1. The zero-order valence-corrected chi connectivity index (χ0v) is 13.4. The molecular weight excluding hydrogens is 339 g/mol. The van der Waals surface area contributed by atoms with E-state index in [4.69, 9.17) is 27.9 Å². The lowest BCUT2D eigenvalue weighted by Gasteiger charge is -2.07. The minimum absolute atomic E-state index is 0.130. The van der Waals surface area contributed by atoms with Crippen LogP contribution in [0.3, 0.4) is 0 Å². The smallest absolute Gasteiger partial charge is 0.258 e. The largest absolute Gasteiger partial charge is 0.484 e. The summed E-state index contributed by atoms with van der Waals surface area (Å²) in [5.41, 5.74) is 0.726. The third-order valence-electron chi connectivity index (χ3n) is 3.09. The fourth-order valence-electron chi connectivity index (χ4n) is 1.96. The summed E-state index contributed by atoms with van der Waals surface area (Å²) in [6.07, 6.45) is 1.84. The number of fused-ring (bicyclic) bond motifs is 1. The lowest BCUT2D eigenvalue weighted by Crippen LogP contribution is -2.29. The van der Waals surface area contributed by atoms with Gasteiger partial charge in [0, 0.05) is 12.3 Å². The first-order valence-electron chi connectivity index (χ1n) is 6.76. The maximum atomic E-state index is 11.8. The van der Waals surface area contributed by atoms with E-state index < -0.39 is 0 Å². The van der Waals surface area contributed by atoms with Gasteiger partial charge in [0.05, 0.1) is 16.6 Å². The normalized spacial score (nSPS) is 10.7. The van der Waals surface area contributed by atoms with Crippen LogP contribution in [-0.4, -0.2) is 27.1 Å². The summed E-state index contributed by atoms with van der Waals surface area (Å²) in [5.74, 6) is 0.842. The number of hydrogen-bond acceptors (Lipinski definition) is 4. The predicted octanol–water partition coefficient (Wildman–Crippen LogP) is 2.73. The molecule has 0 aliphatic rings. The van der Waals surface area contributed by atoms with Gasteiger partial charge in [-0.1, -0.05) is 29.3 Å². The molecule has 3 aromatic rings. The van der Waals surface area contributed by atoms with Gasteiger partial charge in [-0.3, -0.25) is 9.20 Å². The predicted molar refractivity (Wildman–Crippen MR) is 86.8 cm³/mol. The molecule has 3 rings (SSSR count). The fourth-order valence-corrected chi connectivity index (χ4v) is 2.24. The van der Waals surface area contributed by atoms with E-state index in [0.29, 0.717) is 21.6 Å². The Morgan fingerprint density at radius 1 is 1.17 bits per heavy atom. The first-order valence-corrected chi connectivity index (χ1v) is 7.52. The molecule has 0 saturated carbocycles. The van der Waals surface area contributed by atoms with Crippen molar-refractivity contribution >= 4 is 34.8 Å². The summed E-state index contributed by atoms with van der Waals surface area (Å²) in [6, 6.07) is 10.4. The van der Waals surface area contributed by atoms with Crippen LogP contribution in [0, 0.1) is 0 Å². The summed E-state index contributed by atoms with van der Waals surface area (Å²) in [6.45, 7) is 0.128. The van der Waals surface area contributed by atoms with E-state index >= 15 is 0 Å². The maximum absolute atomic E-state index is 11.8. The molecular formula is C15H12Cl2N4O2. The van der Waals surface area contributed by atoms with Gasteiger partial charge in [-0.15, -0.1) is 10.2 Å². The minimum Gasteiger partial charge on any atom is -0.484 e. The van der Waals surface area contributed by atoms with E-state index in [0.717, 1.165) is 5.65 Å². The third kappa shape index (κ3) is 3.72. The van der Waals surface area contributed by atoms with E-state index in [1.807, 2.05) is 24.4 Å². The number of benzene rings is 1. The SMILES string of the molecule is O=C(COc1ccc(Cl)c(Cl)c1)NCc1nnc2ccccn12. The highest BCUT2D eigenvalue weighted by Crippen LogP contribution is 2.26. The van der Waals surface area contributed by atoms with Crippen LogP contribution in [0.2, 0.25) is 10.0 Å². The highest BCUT2D eigenvalue weighted by atomic mass is 35.5. The molecule has 23 heavy (non-hydrogen) atoms. The molecule has 0 saturated heterocycles. The molecule has 0 aliphatic carbocycles. The van der Waals surface area contributed by atoms with E-state index in [-0.39, 0.29) is 19.1 Å². The number of pyridine rings is 1.